The van der Waals surface area contributed by atoms with Crippen molar-refractivity contribution in [1.29, 1.82) is 0 Å². The third-order valence-corrected chi connectivity index (χ3v) is 4.23. The quantitative estimate of drug-likeness (QED) is 0.793. The van der Waals surface area contributed by atoms with E-state index in [1.807, 2.05) is 24.3 Å². The first kappa shape index (κ1) is 16.2. The van der Waals surface area contributed by atoms with Crippen LogP contribution in [0.2, 0.25) is 0 Å². The number of nitrogens with one attached hydrogen (secondary N) is 1. The van der Waals surface area contributed by atoms with Crippen molar-refractivity contribution in [3.05, 3.63) is 63.6 Å². The molecule has 2 atom stereocenters. The van der Waals surface area contributed by atoms with Crippen LogP contribution in [0.4, 0.5) is 4.39 Å². The Morgan fingerprint density at radius 3 is 2.81 bits per heavy atom. The number of rotatable bonds is 5. The Morgan fingerprint density at radius 1 is 1.43 bits per heavy atom. The fraction of sp³-hybridized carbons (Fsp3) is 0.214. The lowest BCUT2D eigenvalue weighted by molar-refractivity contribution is 0.559. The molecule has 0 radical (unpaired) electrons. The Balaban J connectivity index is 2.44. The highest BCUT2D eigenvalue weighted by atomic mass is 79.9. The van der Waals surface area contributed by atoms with Crippen molar-refractivity contribution in [1.82, 2.24) is 9.71 Å². The lowest BCUT2D eigenvalue weighted by atomic mass is 10.0. The molecule has 4 nitrogen and oxygen atoms in total. The Bertz CT molecular complexity index is 668. The first-order valence-electron chi connectivity index (χ1n) is 6.24. The largest absolute Gasteiger partial charge is 0.319 e. The summed E-state index contributed by atoms with van der Waals surface area (Å²) in [4.78, 5) is 3.95. The van der Waals surface area contributed by atoms with E-state index in [1.165, 1.54) is 0 Å². The highest BCUT2D eigenvalue weighted by Gasteiger charge is 2.19. The molecule has 1 aromatic heterocycles. The van der Waals surface area contributed by atoms with Gasteiger partial charge in [0.25, 0.3) is 0 Å². The molecule has 0 spiro atoms. The van der Waals surface area contributed by atoms with Gasteiger partial charge in [0.1, 0.15) is 11.0 Å². The maximum atomic E-state index is 13.7. The van der Waals surface area contributed by atoms with Gasteiger partial charge in [0.15, 0.2) is 0 Å². The molecule has 21 heavy (non-hydrogen) atoms. The molecule has 1 aromatic carbocycles. The third kappa shape index (κ3) is 4.16. The standard InChI is InChI=1S/C14H15BrFN3OS/c1-9-5-6-12(18-14(9)16)13(19-21(20)8-17)10-3-2-4-11(15)7-10/h2-7,13,19H,8,17H2,1H3. The molecule has 7 heteroatoms. The van der Waals surface area contributed by atoms with Gasteiger partial charge in [-0.05, 0) is 30.7 Å². The first-order valence-corrected chi connectivity index (χ1v) is 8.35. The minimum absolute atomic E-state index is 0.0289. The highest BCUT2D eigenvalue weighted by Crippen LogP contribution is 2.24. The molecule has 0 fully saturated rings. The van der Waals surface area contributed by atoms with Gasteiger partial charge in [0.05, 0.1) is 17.6 Å². The van der Waals surface area contributed by atoms with E-state index >= 15 is 0 Å². The molecule has 0 saturated heterocycles. The summed E-state index contributed by atoms with van der Waals surface area (Å²) in [5.74, 6) is -0.563. The predicted molar refractivity (Wildman–Crippen MR) is 85.2 cm³/mol. The van der Waals surface area contributed by atoms with Gasteiger partial charge in [0, 0.05) is 10.0 Å². The molecule has 1 heterocycles. The van der Waals surface area contributed by atoms with Crippen LogP contribution in [0.5, 0.6) is 0 Å². The minimum atomic E-state index is -1.43. The van der Waals surface area contributed by atoms with Crippen LogP contribution in [0.1, 0.15) is 22.9 Å². The lowest BCUT2D eigenvalue weighted by Gasteiger charge is -2.18. The van der Waals surface area contributed by atoms with Crippen molar-refractivity contribution in [2.75, 3.05) is 5.88 Å². The molecule has 2 aromatic rings. The SMILES string of the molecule is Cc1ccc(C(NS(=O)CN)c2cccc(Br)c2)nc1F. The van der Waals surface area contributed by atoms with Crippen LogP contribution < -0.4 is 10.5 Å². The summed E-state index contributed by atoms with van der Waals surface area (Å²) in [5, 5.41) is 0. The Morgan fingerprint density at radius 2 is 2.19 bits per heavy atom. The third-order valence-electron chi connectivity index (χ3n) is 2.94. The van der Waals surface area contributed by atoms with Crippen LogP contribution in [0, 0.1) is 12.9 Å². The molecule has 0 amide bonds. The molecular weight excluding hydrogens is 357 g/mol. The maximum absolute atomic E-state index is 13.7. The van der Waals surface area contributed by atoms with E-state index in [2.05, 4.69) is 25.6 Å². The lowest BCUT2D eigenvalue weighted by Crippen LogP contribution is -2.29. The van der Waals surface area contributed by atoms with Crippen molar-refractivity contribution < 1.29 is 8.60 Å². The second-order valence-corrected chi connectivity index (χ2v) is 6.64. The fourth-order valence-electron chi connectivity index (χ4n) is 1.84. The zero-order chi connectivity index (χ0) is 15.4. The van der Waals surface area contributed by atoms with Crippen LogP contribution in [0.15, 0.2) is 40.9 Å². The van der Waals surface area contributed by atoms with Crippen molar-refractivity contribution in [3.63, 3.8) is 0 Å². The number of nitrogens with zero attached hydrogens (tertiary/aromatic N) is 1. The number of benzene rings is 1. The summed E-state index contributed by atoms with van der Waals surface area (Å²) in [7, 11) is -1.43. The topological polar surface area (TPSA) is 68.0 Å². The highest BCUT2D eigenvalue weighted by molar-refractivity contribution is 9.10. The predicted octanol–water partition coefficient (Wildman–Crippen LogP) is 2.55. The molecular formula is C14H15BrFN3OS. The van der Waals surface area contributed by atoms with Crippen molar-refractivity contribution in [2.24, 2.45) is 5.73 Å². The van der Waals surface area contributed by atoms with Gasteiger partial charge < -0.3 is 5.73 Å². The van der Waals surface area contributed by atoms with Crippen LogP contribution in [0.25, 0.3) is 0 Å². The van der Waals surface area contributed by atoms with E-state index in [1.54, 1.807) is 19.1 Å². The Kier molecular flexibility index (Phi) is 5.58. The average molecular weight is 372 g/mol. The summed E-state index contributed by atoms with van der Waals surface area (Å²) >= 11 is 3.39. The van der Waals surface area contributed by atoms with E-state index in [0.29, 0.717) is 11.3 Å². The van der Waals surface area contributed by atoms with Gasteiger partial charge >= 0.3 is 0 Å². The monoisotopic (exact) mass is 371 g/mol. The summed E-state index contributed by atoms with van der Waals surface area (Å²) in [6, 6.07) is 10.3. The van der Waals surface area contributed by atoms with Gasteiger partial charge in [-0.15, -0.1) is 0 Å². The zero-order valence-corrected chi connectivity index (χ0v) is 13.7. The van der Waals surface area contributed by atoms with Gasteiger partial charge in [0.2, 0.25) is 5.95 Å². The smallest absolute Gasteiger partial charge is 0.216 e. The second-order valence-electron chi connectivity index (χ2n) is 4.46. The van der Waals surface area contributed by atoms with E-state index < -0.39 is 23.0 Å². The van der Waals surface area contributed by atoms with E-state index in [9.17, 15) is 8.60 Å². The van der Waals surface area contributed by atoms with Crippen LogP contribution in [-0.2, 0) is 11.0 Å². The van der Waals surface area contributed by atoms with Gasteiger partial charge in [-0.2, -0.15) is 4.39 Å². The summed E-state index contributed by atoms with van der Waals surface area (Å²) < 4.78 is 29.2. The Hall–Kier alpha value is -1.15. The number of nitrogens with two attached hydrogens (primary N) is 1. The van der Waals surface area contributed by atoms with Crippen LogP contribution >= 0.6 is 15.9 Å². The molecule has 112 valence electrons. The summed E-state index contributed by atoms with van der Waals surface area (Å²) in [6.07, 6.45) is 0. The molecule has 0 bridgehead atoms. The number of hydrogen-bond acceptors (Lipinski definition) is 3. The number of halogens is 2. The van der Waals surface area contributed by atoms with E-state index in [4.69, 9.17) is 5.73 Å². The fourth-order valence-corrected chi connectivity index (χ4v) is 2.88. The minimum Gasteiger partial charge on any atom is -0.319 e. The summed E-state index contributed by atoms with van der Waals surface area (Å²) in [5.41, 5.74) is 7.14. The molecule has 2 rings (SSSR count). The van der Waals surface area contributed by atoms with E-state index in [-0.39, 0.29) is 5.88 Å². The maximum Gasteiger partial charge on any atom is 0.216 e. The number of pyridine rings is 1. The normalized spacial score (nSPS) is 13.9. The zero-order valence-electron chi connectivity index (χ0n) is 11.3. The number of aryl methyl sites for hydroxylation is 1. The van der Waals surface area contributed by atoms with Crippen molar-refractivity contribution >= 4 is 26.9 Å². The van der Waals surface area contributed by atoms with Gasteiger partial charge in [-0.25, -0.2) is 13.9 Å². The van der Waals surface area contributed by atoms with Crippen molar-refractivity contribution in [2.45, 2.75) is 13.0 Å². The molecule has 0 saturated carbocycles. The van der Waals surface area contributed by atoms with E-state index in [0.717, 1.165) is 10.0 Å². The molecule has 0 aliphatic heterocycles. The van der Waals surface area contributed by atoms with Crippen molar-refractivity contribution in [3.8, 4) is 0 Å². The average Bonchev–Trinajstić information content (AvgIpc) is 2.47. The molecule has 3 N–H and O–H groups in total. The van der Waals surface area contributed by atoms with Crippen LogP contribution in [0.3, 0.4) is 0 Å². The number of hydrogen-bond donors (Lipinski definition) is 2. The molecule has 0 aliphatic carbocycles. The first-order chi connectivity index (χ1) is 10.0. The number of aromatic nitrogens is 1. The molecule has 2 unspecified atom stereocenters. The van der Waals surface area contributed by atoms with Gasteiger partial charge in [-0.1, -0.05) is 34.1 Å². The Labute approximate surface area is 133 Å². The van der Waals surface area contributed by atoms with Crippen LogP contribution in [-0.4, -0.2) is 15.1 Å². The second kappa shape index (κ2) is 7.22. The van der Waals surface area contributed by atoms with Gasteiger partial charge in [-0.3, -0.25) is 0 Å². The molecule has 0 aliphatic rings. The summed E-state index contributed by atoms with van der Waals surface area (Å²) in [6.45, 7) is 1.64.